The highest BCUT2D eigenvalue weighted by molar-refractivity contribution is 5.24. The van der Waals surface area contributed by atoms with Crippen LogP contribution >= 0.6 is 0 Å². The van der Waals surface area contributed by atoms with Crippen molar-refractivity contribution in [2.45, 2.75) is 32.7 Å². The highest BCUT2D eigenvalue weighted by atomic mass is 15.2. The van der Waals surface area contributed by atoms with Gasteiger partial charge in [-0.25, -0.2) is 0 Å². The maximum Gasteiger partial charge on any atom is 0.0320 e. The molecule has 0 saturated carbocycles. The molecule has 0 radical (unpaired) electrons. The van der Waals surface area contributed by atoms with Gasteiger partial charge in [-0.3, -0.25) is 4.90 Å². The Hall–Kier alpha value is -0.860. The van der Waals surface area contributed by atoms with Gasteiger partial charge in [0.1, 0.15) is 0 Å². The first-order valence-corrected chi connectivity index (χ1v) is 6.77. The Kier molecular flexibility index (Phi) is 4.19. The van der Waals surface area contributed by atoms with Gasteiger partial charge in [0.25, 0.3) is 0 Å². The Morgan fingerprint density at radius 1 is 1.35 bits per heavy atom. The molecule has 2 rings (SSSR count). The zero-order valence-electron chi connectivity index (χ0n) is 11.0. The number of rotatable bonds is 4. The Labute approximate surface area is 105 Å². The number of hydrogen-bond acceptors (Lipinski definition) is 2. The Balaban J connectivity index is 2.01. The van der Waals surface area contributed by atoms with E-state index in [1.54, 1.807) is 0 Å². The van der Waals surface area contributed by atoms with Gasteiger partial charge in [-0.2, -0.15) is 0 Å². The Morgan fingerprint density at radius 3 is 2.59 bits per heavy atom. The summed E-state index contributed by atoms with van der Waals surface area (Å²) in [7, 11) is 0. The molecule has 0 aliphatic carbocycles. The van der Waals surface area contributed by atoms with E-state index in [9.17, 15) is 0 Å². The number of benzene rings is 1. The molecule has 94 valence electrons. The number of nitrogens with zero attached hydrogens (tertiary/aromatic N) is 1. The molecule has 2 unspecified atom stereocenters. The highest BCUT2D eigenvalue weighted by Crippen LogP contribution is 2.27. The molecule has 0 amide bonds. The van der Waals surface area contributed by atoms with Gasteiger partial charge in [-0.1, -0.05) is 31.2 Å². The van der Waals surface area contributed by atoms with E-state index in [1.165, 1.54) is 24.1 Å². The van der Waals surface area contributed by atoms with Crippen LogP contribution < -0.4 is 5.73 Å². The van der Waals surface area contributed by atoms with Crippen LogP contribution in [0.4, 0.5) is 0 Å². The third kappa shape index (κ3) is 2.88. The highest BCUT2D eigenvalue weighted by Gasteiger charge is 2.25. The fourth-order valence-corrected chi connectivity index (χ4v) is 2.65. The first-order chi connectivity index (χ1) is 8.24. The van der Waals surface area contributed by atoms with E-state index < -0.39 is 0 Å². The molecule has 1 aromatic carbocycles. The lowest BCUT2D eigenvalue weighted by molar-refractivity contribution is 0.253. The van der Waals surface area contributed by atoms with Crippen molar-refractivity contribution in [2.24, 2.45) is 11.7 Å². The average molecular weight is 232 g/mol. The van der Waals surface area contributed by atoms with Crippen LogP contribution in [0.3, 0.4) is 0 Å². The fraction of sp³-hybridized carbons (Fsp3) is 0.600. The van der Waals surface area contributed by atoms with Gasteiger partial charge < -0.3 is 5.73 Å². The minimum atomic E-state index is 0.525. The van der Waals surface area contributed by atoms with Crippen molar-refractivity contribution in [3.05, 3.63) is 35.4 Å². The second-order valence-corrected chi connectivity index (χ2v) is 5.16. The minimum absolute atomic E-state index is 0.525. The van der Waals surface area contributed by atoms with Crippen LogP contribution in [0.5, 0.6) is 0 Å². The lowest BCUT2D eigenvalue weighted by Gasteiger charge is -2.24. The number of hydrogen-bond donors (Lipinski definition) is 1. The van der Waals surface area contributed by atoms with Crippen molar-refractivity contribution < 1.29 is 0 Å². The molecule has 1 aromatic rings. The SMILES string of the molecule is CCc1ccc(C(C)N2CCC(CN)C2)cc1. The van der Waals surface area contributed by atoms with Gasteiger partial charge in [-0.05, 0) is 49.9 Å². The third-order valence-electron chi connectivity index (χ3n) is 4.07. The molecule has 2 heteroatoms. The number of aryl methyl sites for hydroxylation is 1. The Morgan fingerprint density at radius 2 is 2.06 bits per heavy atom. The van der Waals surface area contributed by atoms with Crippen LogP contribution in [0.2, 0.25) is 0 Å². The Bertz CT molecular complexity index is 344. The van der Waals surface area contributed by atoms with Crippen molar-refractivity contribution in [1.82, 2.24) is 4.90 Å². The maximum atomic E-state index is 5.75. The van der Waals surface area contributed by atoms with E-state index in [4.69, 9.17) is 5.73 Å². The fourth-order valence-electron chi connectivity index (χ4n) is 2.65. The molecule has 1 fully saturated rings. The average Bonchev–Trinajstić information content (AvgIpc) is 2.87. The minimum Gasteiger partial charge on any atom is -0.330 e. The standard InChI is InChI=1S/C15H24N2/c1-3-13-4-6-15(7-5-13)12(2)17-9-8-14(10-16)11-17/h4-7,12,14H,3,8-11,16H2,1-2H3. The van der Waals surface area contributed by atoms with Gasteiger partial charge >= 0.3 is 0 Å². The van der Waals surface area contributed by atoms with Gasteiger partial charge in [0.2, 0.25) is 0 Å². The molecule has 2 atom stereocenters. The van der Waals surface area contributed by atoms with Crippen LogP contribution in [-0.2, 0) is 6.42 Å². The summed E-state index contributed by atoms with van der Waals surface area (Å²) in [6.45, 7) is 7.69. The summed E-state index contributed by atoms with van der Waals surface area (Å²) in [4.78, 5) is 2.55. The summed E-state index contributed by atoms with van der Waals surface area (Å²) < 4.78 is 0. The quantitative estimate of drug-likeness (QED) is 0.864. The van der Waals surface area contributed by atoms with Gasteiger partial charge in [0.05, 0.1) is 0 Å². The molecule has 1 heterocycles. The maximum absolute atomic E-state index is 5.75. The summed E-state index contributed by atoms with van der Waals surface area (Å²) in [5, 5.41) is 0. The van der Waals surface area contributed by atoms with Crippen molar-refractivity contribution >= 4 is 0 Å². The molecule has 1 aliphatic rings. The number of likely N-dealkylation sites (tertiary alicyclic amines) is 1. The van der Waals surface area contributed by atoms with Crippen molar-refractivity contribution in [3.8, 4) is 0 Å². The number of nitrogens with two attached hydrogens (primary N) is 1. The summed E-state index contributed by atoms with van der Waals surface area (Å²) in [5.74, 6) is 0.701. The van der Waals surface area contributed by atoms with E-state index in [0.29, 0.717) is 12.0 Å². The first kappa shape index (κ1) is 12.6. The second kappa shape index (κ2) is 5.65. The predicted molar refractivity (Wildman–Crippen MR) is 73.0 cm³/mol. The van der Waals surface area contributed by atoms with E-state index in [1.807, 2.05) is 0 Å². The van der Waals surface area contributed by atoms with E-state index in [0.717, 1.165) is 19.5 Å². The van der Waals surface area contributed by atoms with Gasteiger partial charge in [0.15, 0.2) is 0 Å². The van der Waals surface area contributed by atoms with E-state index in [2.05, 4.69) is 43.0 Å². The topological polar surface area (TPSA) is 29.3 Å². The van der Waals surface area contributed by atoms with Crippen LogP contribution in [0.25, 0.3) is 0 Å². The largest absolute Gasteiger partial charge is 0.330 e. The third-order valence-corrected chi connectivity index (χ3v) is 4.07. The molecular weight excluding hydrogens is 208 g/mol. The van der Waals surface area contributed by atoms with E-state index >= 15 is 0 Å². The van der Waals surface area contributed by atoms with Gasteiger partial charge in [-0.15, -0.1) is 0 Å². The second-order valence-electron chi connectivity index (χ2n) is 5.16. The molecule has 2 nitrogen and oxygen atoms in total. The summed E-state index contributed by atoms with van der Waals surface area (Å²) >= 11 is 0. The van der Waals surface area contributed by atoms with Gasteiger partial charge in [0, 0.05) is 12.6 Å². The molecule has 1 aliphatic heterocycles. The molecule has 0 aromatic heterocycles. The van der Waals surface area contributed by atoms with E-state index in [-0.39, 0.29) is 0 Å². The van der Waals surface area contributed by atoms with Crippen LogP contribution in [0.1, 0.15) is 37.4 Å². The molecule has 0 spiro atoms. The molecule has 17 heavy (non-hydrogen) atoms. The monoisotopic (exact) mass is 232 g/mol. The molecule has 2 N–H and O–H groups in total. The smallest absolute Gasteiger partial charge is 0.0320 e. The normalized spacial score (nSPS) is 22.9. The van der Waals surface area contributed by atoms with Crippen molar-refractivity contribution in [1.29, 1.82) is 0 Å². The summed E-state index contributed by atoms with van der Waals surface area (Å²) in [5.41, 5.74) is 8.60. The van der Waals surface area contributed by atoms with Crippen LogP contribution in [-0.4, -0.2) is 24.5 Å². The zero-order chi connectivity index (χ0) is 12.3. The lowest BCUT2D eigenvalue weighted by atomic mass is 10.0. The van der Waals surface area contributed by atoms with Crippen molar-refractivity contribution in [3.63, 3.8) is 0 Å². The van der Waals surface area contributed by atoms with Crippen LogP contribution in [0.15, 0.2) is 24.3 Å². The summed E-state index contributed by atoms with van der Waals surface area (Å²) in [6, 6.07) is 9.58. The zero-order valence-corrected chi connectivity index (χ0v) is 11.0. The lowest BCUT2D eigenvalue weighted by Crippen LogP contribution is -2.26. The predicted octanol–water partition coefficient (Wildman–Crippen LogP) is 2.59. The summed E-state index contributed by atoms with van der Waals surface area (Å²) in [6.07, 6.45) is 2.38. The van der Waals surface area contributed by atoms with Crippen LogP contribution in [0, 0.1) is 5.92 Å². The molecular formula is C15H24N2. The first-order valence-electron chi connectivity index (χ1n) is 6.77. The van der Waals surface area contributed by atoms with Crippen molar-refractivity contribution in [2.75, 3.05) is 19.6 Å². The molecule has 0 bridgehead atoms. The molecule has 1 saturated heterocycles.